The van der Waals surface area contributed by atoms with Crippen molar-refractivity contribution in [2.45, 2.75) is 38.9 Å². The molecule has 0 unspecified atom stereocenters. The van der Waals surface area contributed by atoms with Crippen LogP contribution in [0.3, 0.4) is 0 Å². The zero-order valence-corrected chi connectivity index (χ0v) is 12.4. The number of nitrogens with one attached hydrogen (secondary N) is 1. The zero-order chi connectivity index (χ0) is 15.0. The maximum Gasteiger partial charge on any atom is 0.254 e. The molecule has 20 heavy (non-hydrogen) atoms. The van der Waals surface area contributed by atoms with Crippen LogP contribution in [0.15, 0.2) is 18.3 Å². The summed E-state index contributed by atoms with van der Waals surface area (Å²) in [5.41, 5.74) is 2.30. The van der Waals surface area contributed by atoms with E-state index >= 15 is 0 Å². The molecule has 3 N–H and O–H groups in total. The van der Waals surface area contributed by atoms with Crippen molar-refractivity contribution in [1.29, 1.82) is 0 Å². The highest BCUT2D eigenvalue weighted by molar-refractivity contribution is 5.95. The van der Waals surface area contributed by atoms with Crippen molar-refractivity contribution < 1.29 is 9.53 Å². The molecule has 0 saturated carbocycles. The highest BCUT2D eigenvalue weighted by Crippen LogP contribution is 2.29. The van der Waals surface area contributed by atoms with Gasteiger partial charge >= 0.3 is 0 Å². The van der Waals surface area contributed by atoms with Gasteiger partial charge in [-0.25, -0.2) is 10.8 Å². The van der Waals surface area contributed by atoms with Crippen molar-refractivity contribution in [3.8, 4) is 0 Å². The number of hydrazine groups is 1. The van der Waals surface area contributed by atoms with E-state index in [-0.39, 0.29) is 17.1 Å². The number of nitrogens with two attached hydrogens (primary N) is 1. The van der Waals surface area contributed by atoms with Gasteiger partial charge in [-0.05, 0) is 39.8 Å². The van der Waals surface area contributed by atoms with Crippen molar-refractivity contribution in [3.63, 3.8) is 0 Å². The number of morpholine rings is 1. The number of carbonyl (C=O) groups excluding carboxylic acids is 1. The molecule has 1 saturated heterocycles. The Morgan fingerprint density at radius 3 is 2.50 bits per heavy atom. The minimum absolute atomic E-state index is 0.0339. The van der Waals surface area contributed by atoms with Gasteiger partial charge < -0.3 is 15.1 Å². The van der Waals surface area contributed by atoms with Crippen LogP contribution in [0.1, 0.15) is 38.1 Å². The van der Waals surface area contributed by atoms with Gasteiger partial charge in [-0.15, -0.1) is 0 Å². The van der Waals surface area contributed by atoms with Crippen LogP contribution < -0.4 is 11.3 Å². The summed E-state index contributed by atoms with van der Waals surface area (Å²) in [6, 6.07) is 3.34. The minimum Gasteiger partial charge on any atom is -0.366 e. The molecule has 1 amide bonds. The molecule has 2 rings (SSSR count). The average molecular weight is 278 g/mol. The predicted octanol–water partition coefficient (Wildman–Crippen LogP) is 1.40. The summed E-state index contributed by atoms with van der Waals surface area (Å²) < 4.78 is 5.98. The number of aromatic nitrogens is 1. The minimum atomic E-state index is -0.362. The van der Waals surface area contributed by atoms with Gasteiger partial charge in [0.15, 0.2) is 0 Å². The fraction of sp³-hybridized carbons (Fsp3) is 0.571. The van der Waals surface area contributed by atoms with Crippen molar-refractivity contribution in [1.82, 2.24) is 9.88 Å². The van der Waals surface area contributed by atoms with E-state index < -0.39 is 0 Å². The second-order valence-corrected chi connectivity index (χ2v) is 6.36. The first kappa shape index (κ1) is 14.7. The molecular formula is C14H22N4O2. The van der Waals surface area contributed by atoms with Gasteiger partial charge in [-0.3, -0.25) is 4.79 Å². The number of hydrogen-bond acceptors (Lipinski definition) is 5. The van der Waals surface area contributed by atoms with Crippen LogP contribution in [0.2, 0.25) is 0 Å². The molecule has 1 aromatic heterocycles. The third-order valence-electron chi connectivity index (χ3n) is 3.14. The van der Waals surface area contributed by atoms with Gasteiger partial charge in [0, 0.05) is 24.8 Å². The number of anilines is 1. The van der Waals surface area contributed by atoms with E-state index in [2.05, 4.69) is 10.4 Å². The van der Waals surface area contributed by atoms with Gasteiger partial charge in [-0.2, -0.15) is 0 Å². The van der Waals surface area contributed by atoms with Crippen LogP contribution in [0.25, 0.3) is 0 Å². The highest BCUT2D eigenvalue weighted by atomic mass is 16.5. The number of pyridine rings is 1. The summed E-state index contributed by atoms with van der Waals surface area (Å²) in [5.74, 6) is 5.77. The van der Waals surface area contributed by atoms with E-state index in [1.165, 1.54) is 0 Å². The molecule has 0 bridgehead atoms. The first-order chi connectivity index (χ1) is 9.22. The number of ether oxygens (including phenoxy) is 1. The lowest BCUT2D eigenvalue weighted by molar-refractivity contribution is -0.171. The van der Waals surface area contributed by atoms with E-state index in [0.717, 1.165) is 0 Å². The summed E-state index contributed by atoms with van der Waals surface area (Å²) in [6.45, 7) is 9.09. The van der Waals surface area contributed by atoms with Gasteiger partial charge in [0.25, 0.3) is 5.91 Å². The number of carbonyl (C=O) groups is 1. The number of amides is 1. The summed E-state index contributed by atoms with van der Waals surface area (Å²) in [5, 5.41) is 0. The van der Waals surface area contributed by atoms with Crippen molar-refractivity contribution in [2.24, 2.45) is 5.84 Å². The third-order valence-corrected chi connectivity index (χ3v) is 3.14. The van der Waals surface area contributed by atoms with Crippen LogP contribution in [0.4, 0.5) is 5.82 Å². The largest absolute Gasteiger partial charge is 0.366 e. The number of nitrogen functional groups attached to an aromatic ring is 1. The molecule has 1 fully saturated rings. The van der Waals surface area contributed by atoms with E-state index in [1.807, 2.05) is 32.6 Å². The Hall–Kier alpha value is -1.66. The second-order valence-electron chi connectivity index (χ2n) is 6.36. The van der Waals surface area contributed by atoms with Gasteiger partial charge in [0.1, 0.15) is 5.82 Å². The Morgan fingerprint density at radius 2 is 1.95 bits per heavy atom. The lowest BCUT2D eigenvalue weighted by Gasteiger charge is -2.47. The quantitative estimate of drug-likeness (QED) is 0.631. The molecule has 0 radical (unpaired) electrons. The van der Waals surface area contributed by atoms with E-state index in [1.54, 1.807) is 18.3 Å². The molecule has 1 aromatic rings. The Balaban J connectivity index is 2.23. The van der Waals surface area contributed by atoms with Crippen LogP contribution in [0, 0.1) is 0 Å². The normalized spacial score (nSPS) is 20.6. The molecule has 0 spiro atoms. The molecule has 1 aliphatic rings. The van der Waals surface area contributed by atoms with Gasteiger partial charge in [-0.1, -0.05) is 0 Å². The predicted molar refractivity (Wildman–Crippen MR) is 77.2 cm³/mol. The van der Waals surface area contributed by atoms with Crippen molar-refractivity contribution in [2.75, 3.05) is 18.5 Å². The van der Waals surface area contributed by atoms with E-state index in [9.17, 15) is 4.79 Å². The van der Waals surface area contributed by atoms with Crippen molar-refractivity contribution in [3.05, 3.63) is 23.9 Å². The third kappa shape index (κ3) is 3.26. The summed E-state index contributed by atoms with van der Waals surface area (Å²) >= 11 is 0. The second kappa shape index (κ2) is 5.03. The molecule has 110 valence electrons. The molecular weight excluding hydrogens is 256 g/mol. The number of rotatable bonds is 2. The first-order valence-electron chi connectivity index (χ1n) is 6.65. The van der Waals surface area contributed by atoms with Crippen LogP contribution in [-0.2, 0) is 4.74 Å². The highest BCUT2D eigenvalue weighted by Gasteiger charge is 2.40. The summed E-state index contributed by atoms with van der Waals surface area (Å²) in [4.78, 5) is 18.4. The molecule has 0 aromatic carbocycles. The molecule has 0 atom stereocenters. The lowest BCUT2D eigenvalue weighted by Crippen LogP contribution is -2.58. The van der Waals surface area contributed by atoms with E-state index in [0.29, 0.717) is 24.5 Å². The Labute approximate surface area is 119 Å². The van der Waals surface area contributed by atoms with E-state index in [4.69, 9.17) is 10.6 Å². The Morgan fingerprint density at radius 1 is 1.35 bits per heavy atom. The molecule has 0 aliphatic carbocycles. The topological polar surface area (TPSA) is 80.5 Å². The first-order valence-corrected chi connectivity index (χ1v) is 6.65. The van der Waals surface area contributed by atoms with Crippen LogP contribution in [-0.4, -0.2) is 40.1 Å². The molecule has 6 nitrogen and oxygen atoms in total. The maximum atomic E-state index is 12.6. The average Bonchev–Trinajstić information content (AvgIpc) is 2.34. The smallest absolute Gasteiger partial charge is 0.254 e. The Kier molecular flexibility index (Phi) is 3.71. The standard InChI is InChI=1S/C14H22N4O2/c1-13(2)8-18(9-14(3,4)20-13)12(19)10-5-6-16-11(7-10)17-15/h5-7H,8-9,15H2,1-4H3,(H,16,17). The number of hydrogen-bond donors (Lipinski definition) is 2. The summed E-state index contributed by atoms with van der Waals surface area (Å²) in [6.07, 6.45) is 1.57. The maximum absolute atomic E-state index is 12.6. The van der Waals surface area contributed by atoms with Crippen molar-refractivity contribution >= 4 is 11.7 Å². The lowest BCUT2D eigenvalue weighted by atomic mass is 9.98. The Bertz CT molecular complexity index is 498. The summed E-state index contributed by atoms with van der Waals surface area (Å²) in [7, 11) is 0. The molecule has 6 heteroatoms. The molecule has 2 heterocycles. The van der Waals surface area contributed by atoms with Gasteiger partial charge in [0.05, 0.1) is 11.2 Å². The number of nitrogens with zero attached hydrogens (tertiary/aromatic N) is 2. The zero-order valence-electron chi connectivity index (χ0n) is 12.4. The fourth-order valence-corrected chi connectivity index (χ4v) is 2.76. The van der Waals surface area contributed by atoms with Crippen LogP contribution in [0.5, 0.6) is 0 Å². The fourth-order valence-electron chi connectivity index (χ4n) is 2.76. The van der Waals surface area contributed by atoms with Crippen LogP contribution >= 0.6 is 0 Å². The SMILES string of the molecule is CC1(C)CN(C(=O)c2ccnc(NN)c2)CC(C)(C)O1. The van der Waals surface area contributed by atoms with Gasteiger partial charge in [0.2, 0.25) is 0 Å². The molecule has 1 aliphatic heterocycles. The monoisotopic (exact) mass is 278 g/mol.